The lowest BCUT2D eigenvalue weighted by Crippen LogP contribution is -2.11. The van der Waals surface area contributed by atoms with Crippen LogP contribution in [0, 0.1) is 0 Å². The van der Waals surface area contributed by atoms with Crippen LogP contribution in [0.2, 0.25) is 0 Å². The summed E-state index contributed by atoms with van der Waals surface area (Å²) in [6, 6.07) is 48.7. The van der Waals surface area contributed by atoms with Gasteiger partial charge in [-0.15, -0.1) is 0 Å². The lowest BCUT2D eigenvalue weighted by molar-refractivity contribution is 0.0672. The molecule has 1 heterocycles. The lowest BCUT2D eigenvalue weighted by atomic mass is 9.94. The van der Waals surface area contributed by atoms with Gasteiger partial charge in [0.05, 0.1) is 6.61 Å². The smallest absolute Gasteiger partial charge is 0.112 e. The fourth-order valence-electron chi connectivity index (χ4n) is 4.80. The first-order valence-corrected chi connectivity index (χ1v) is 12.5. The molecular formula is C34H28O2. The Morgan fingerprint density at radius 1 is 0.528 bits per heavy atom. The second kappa shape index (κ2) is 10.3. The SMILES string of the molecule is c1ccc(-c2cc(-c3ccccc3)cc([C@@H]3O[C@H]3COC(c3ccccc3)c3ccccc3)c2)cc1. The maximum atomic E-state index is 6.49. The summed E-state index contributed by atoms with van der Waals surface area (Å²) in [7, 11) is 0. The summed E-state index contributed by atoms with van der Waals surface area (Å²) in [5, 5.41) is 0. The van der Waals surface area contributed by atoms with Crippen LogP contribution in [0.25, 0.3) is 22.3 Å². The first kappa shape index (κ1) is 22.5. The van der Waals surface area contributed by atoms with E-state index in [2.05, 4.69) is 127 Å². The molecule has 0 radical (unpaired) electrons. The van der Waals surface area contributed by atoms with Crippen molar-refractivity contribution in [3.8, 4) is 22.3 Å². The number of epoxide rings is 1. The van der Waals surface area contributed by atoms with Gasteiger partial charge in [0.1, 0.15) is 18.3 Å². The Kier molecular flexibility index (Phi) is 6.45. The predicted molar refractivity (Wildman–Crippen MR) is 146 cm³/mol. The van der Waals surface area contributed by atoms with Crippen molar-refractivity contribution >= 4 is 0 Å². The minimum absolute atomic E-state index is 0.0309. The van der Waals surface area contributed by atoms with Gasteiger partial charge in [0.25, 0.3) is 0 Å². The number of rotatable bonds is 8. The molecule has 2 heteroatoms. The highest BCUT2D eigenvalue weighted by Crippen LogP contribution is 2.43. The van der Waals surface area contributed by atoms with Crippen molar-refractivity contribution in [1.82, 2.24) is 0 Å². The zero-order chi connectivity index (χ0) is 24.2. The van der Waals surface area contributed by atoms with Crippen molar-refractivity contribution in [3.63, 3.8) is 0 Å². The molecule has 1 fully saturated rings. The van der Waals surface area contributed by atoms with E-state index in [1.54, 1.807) is 0 Å². The van der Waals surface area contributed by atoms with Gasteiger partial charge in [-0.25, -0.2) is 0 Å². The Morgan fingerprint density at radius 3 is 1.44 bits per heavy atom. The molecule has 5 aromatic rings. The van der Waals surface area contributed by atoms with Crippen molar-refractivity contribution in [1.29, 1.82) is 0 Å². The van der Waals surface area contributed by atoms with Gasteiger partial charge in [-0.05, 0) is 57.1 Å². The van der Waals surface area contributed by atoms with Gasteiger partial charge in [-0.2, -0.15) is 0 Å². The molecule has 6 rings (SSSR count). The van der Waals surface area contributed by atoms with Crippen LogP contribution >= 0.6 is 0 Å². The summed E-state index contributed by atoms with van der Waals surface area (Å²) >= 11 is 0. The molecule has 2 atom stereocenters. The Bertz CT molecular complexity index is 1300. The van der Waals surface area contributed by atoms with E-state index in [4.69, 9.17) is 9.47 Å². The lowest BCUT2D eigenvalue weighted by Gasteiger charge is -2.18. The van der Waals surface area contributed by atoms with E-state index in [-0.39, 0.29) is 18.3 Å². The maximum Gasteiger partial charge on any atom is 0.112 e. The molecule has 0 bridgehead atoms. The van der Waals surface area contributed by atoms with E-state index in [0.29, 0.717) is 6.61 Å². The fraction of sp³-hybridized carbons (Fsp3) is 0.118. The van der Waals surface area contributed by atoms with Crippen LogP contribution < -0.4 is 0 Å². The molecule has 0 amide bonds. The summed E-state index contributed by atoms with van der Waals surface area (Å²) in [5.41, 5.74) is 8.31. The highest BCUT2D eigenvalue weighted by molar-refractivity contribution is 5.74. The minimum atomic E-state index is -0.118. The summed E-state index contributed by atoms with van der Waals surface area (Å²) in [5.74, 6) is 0. The molecule has 1 saturated heterocycles. The largest absolute Gasteiger partial charge is 0.366 e. The van der Waals surface area contributed by atoms with Crippen LogP contribution in [0.15, 0.2) is 140 Å². The molecule has 1 aliphatic rings. The van der Waals surface area contributed by atoms with Crippen LogP contribution in [-0.4, -0.2) is 12.7 Å². The standard InChI is InChI=1S/C34H28O2/c1-5-13-25(14-6-1)29-21-30(26-15-7-2-8-16-26)23-31(22-29)34-32(36-34)24-35-33(27-17-9-3-10-18-27)28-19-11-4-12-20-28/h1-23,32-34H,24H2/t32-,34-/m0/s1. The zero-order valence-corrected chi connectivity index (χ0v) is 20.0. The molecule has 5 aromatic carbocycles. The van der Waals surface area contributed by atoms with Crippen LogP contribution in [0.3, 0.4) is 0 Å². The Balaban J connectivity index is 1.25. The minimum Gasteiger partial charge on any atom is -0.366 e. The quantitative estimate of drug-likeness (QED) is 0.214. The average molecular weight is 469 g/mol. The van der Waals surface area contributed by atoms with Crippen molar-refractivity contribution < 1.29 is 9.47 Å². The van der Waals surface area contributed by atoms with E-state index in [0.717, 1.165) is 11.1 Å². The average Bonchev–Trinajstić information content (AvgIpc) is 3.75. The number of hydrogen-bond acceptors (Lipinski definition) is 2. The molecule has 0 unspecified atom stereocenters. The molecule has 0 N–H and O–H groups in total. The molecule has 0 saturated carbocycles. The first-order valence-electron chi connectivity index (χ1n) is 12.5. The van der Waals surface area contributed by atoms with Gasteiger partial charge in [-0.3, -0.25) is 0 Å². The van der Waals surface area contributed by atoms with Crippen LogP contribution in [0.4, 0.5) is 0 Å². The second-order valence-corrected chi connectivity index (χ2v) is 9.21. The van der Waals surface area contributed by atoms with Crippen molar-refractivity contribution in [2.75, 3.05) is 6.61 Å². The molecular weight excluding hydrogens is 440 g/mol. The summed E-state index contributed by atoms with van der Waals surface area (Å²) in [6.45, 7) is 0.537. The highest BCUT2D eigenvalue weighted by Gasteiger charge is 2.41. The van der Waals surface area contributed by atoms with E-state index >= 15 is 0 Å². The fourth-order valence-corrected chi connectivity index (χ4v) is 4.80. The van der Waals surface area contributed by atoms with E-state index in [1.807, 2.05) is 12.1 Å². The van der Waals surface area contributed by atoms with Crippen LogP contribution in [0.1, 0.15) is 28.9 Å². The number of hydrogen-bond donors (Lipinski definition) is 0. The third-order valence-electron chi connectivity index (χ3n) is 6.71. The van der Waals surface area contributed by atoms with Crippen molar-refractivity contribution in [2.24, 2.45) is 0 Å². The van der Waals surface area contributed by atoms with E-state index in [1.165, 1.54) is 27.8 Å². The summed E-state index contributed by atoms with van der Waals surface area (Å²) < 4.78 is 12.7. The molecule has 1 aliphatic heterocycles. The van der Waals surface area contributed by atoms with Crippen molar-refractivity contribution in [3.05, 3.63) is 156 Å². The molecule has 2 nitrogen and oxygen atoms in total. The van der Waals surface area contributed by atoms with Gasteiger partial charge in [0.2, 0.25) is 0 Å². The summed E-state index contributed by atoms with van der Waals surface area (Å²) in [6.07, 6.45) is -0.0503. The van der Waals surface area contributed by atoms with Crippen LogP contribution in [-0.2, 0) is 9.47 Å². The van der Waals surface area contributed by atoms with Gasteiger partial charge in [0, 0.05) is 0 Å². The Morgan fingerprint density at radius 2 is 0.972 bits per heavy atom. The topological polar surface area (TPSA) is 21.8 Å². The Hall–Kier alpha value is -3.98. The molecule has 176 valence electrons. The Labute approximate surface area is 212 Å². The third-order valence-corrected chi connectivity index (χ3v) is 6.71. The van der Waals surface area contributed by atoms with Gasteiger partial charge >= 0.3 is 0 Å². The maximum absolute atomic E-state index is 6.49. The van der Waals surface area contributed by atoms with Gasteiger partial charge in [-0.1, -0.05) is 121 Å². The third kappa shape index (κ3) is 5.01. The normalized spacial score (nSPS) is 16.7. The number of benzene rings is 5. The zero-order valence-electron chi connectivity index (χ0n) is 20.0. The molecule has 0 aliphatic carbocycles. The van der Waals surface area contributed by atoms with Crippen molar-refractivity contribution in [2.45, 2.75) is 18.3 Å². The number of ether oxygens (including phenoxy) is 2. The molecule has 0 aromatic heterocycles. The first-order chi connectivity index (χ1) is 17.8. The highest BCUT2D eigenvalue weighted by atomic mass is 16.6. The second-order valence-electron chi connectivity index (χ2n) is 9.21. The molecule has 0 spiro atoms. The van der Waals surface area contributed by atoms with Crippen LogP contribution in [0.5, 0.6) is 0 Å². The van der Waals surface area contributed by atoms with Gasteiger partial charge in [0.15, 0.2) is 0 Å². The van der Waals surface area contributed by atoms with E-state index < -0.39 is 0 Å². The predicted octanol–water partition coefficient (Wildman–Crippen LogP) is 8.27. The van der Waals surface area contributed by atoms with Gasteiger partial charge < -0.3 is 9.47 Å². The monoisotopic (exact) mass is 468 g/mol. The van der Waals surface area contributed by atoms with E-state index in [9.17, 15) is 0 Å². The summed E-state index contributed by atoms with van der Waals surface area (Å²) in [4.78, 5) is 0. The molecule has 36 heavy (non-hydrogen) atoms.